The average Bonchev–Trinajstić information content (AvgIpc) is 2.71. The number of hydrogen-bond acceptors (Lipinski definition) is 4. The first-order valence-electron chi connectivity index (χ1n) is 6.60. The minimum atomic E-state index is -0.372. The van der Waals surface area contributed by atoms with Gasteiger partial charge in [-0.1, -0.05) is 0 Å². The Labute approximate surface area is 104 Å². The van der Waals surface area contributed by atoms with Gasteiger partial charge in [-0.2, -0.15) is 0 Å². The van der Waals surface area contributed by atoms with Crippen molar-refractivity contribution in [2.24, 2.45) is 5.92 Å². The van der Waals surface area contributed by atoms with Gasteiger partial charge < -0.3 is 19.5 Å². The molecule has 4 nitrogen and oxygen atoms in total. The van der Waals surface area contributed by atoms with Crippen LogP contribution in [0.4, 0.5) is 0 Å². The molecule has 4 heteroatoms. The van der Waals surface area contributed by atoms with Gasteiger partial charge in [-0.15, -0.1) is 0 Å². The maximum Gasteiger partial charge on any atom is 0.165 e. The van der Waals surface area contributed by atoms with Gasteiger partial charge in [0.2, 0.25) is 0 Å². The number of aliphatic hydroxyl groups excluding tert-OH is 1. The smallest absolute Gasteiger partial charge is 0.165 e. The summed E-state index contributed by atoms with van der Waals surface area (Å²) < 4.78 is 11.1. The van der Waals surface area contributed by atoms with Crippen LogP contribution in [0.2, 0.25) is 0 Å². The van der Waals surface area contributed by atoms with Gasteiger partial charge >= 0.3 is 0 Å². The number of hydrogen-bond donors (Lipinski definition) is 1. The number of aliphatic hydroxyl groups is 1. The minimum Gasteiger partial charge on any atom is -0.392 e. The first-order valence-corrected chi connectivity index (χ1v) is 6.60. The highest BCUT2D eigenvalue weighted by atomic mass is 16.7. The van der Waals surface area contributed by atoms with Crippen molar-refractivity contribution >= 4 is 0 Å². The topological polar surface area (TPSA) is 41.9 Å². The molecule has 2 unspecified atom stereocenters. The lowest BCUT2D eigenvalue weighted by Crippen LogP contribution is -2.43. The molecule has 0 aromatic heterocycles. The Kier molecular flexibility index (Phi) is 4.42. The zero-order chi connectivity index (χ0) is 12.3. The quantitative estimate of drug-likeness (QED) is 0.800. The Morgan fingerprint density at radius 1 is 1.41 bits per heavy atom. The van der Waals surface area contributed by atoms with E-state index in [9.17, 15) is 5.11 Å². The van der Waals surface area contributed by atoms with Crippen LogP contribution in [0.3, 0.4) is 0 Å². The highest BCUT2D eigenvalue weighted by molar-refractivity contribution is 4.81. The maximum absolute atomic E-state index is 9.76. The van der Waals surface area contributed by atoms with Gasteiger partial charge in [0.15, 0.2) is 5.79 Å². The summed E-state index contributed by atoms with van der Waals surface area (Å²) in [6.45, 7) is 10.2. The van der Waals surface area contributed by atoms with Crippen LogP contribution in [-0.2, 0) is 9.47 Å². The van der Waals surface area contributed by atoms with Crippen molar-refractivity contribution in [2.45, 2.75) is 38.1 Å². The second kappa shape index (κ2) is 5.65. The van der Waals surface area contributed by atoms with Crippen molar-refractivity contribution < 1.29 is 14.6 Å². The molecule has 1 N–H and O–H groups in total. The highest BCUT2D eigenvalue weighted by Crippen LogP contribution is 2.24. The lowest BCUT2D eigenvalue weighted by Gasteiger charge is -2.34. The zero-order valence-corrected chi connectivity index (χ0v) is 10.7. The average molecular weight is 242 g/mol. The number of rotatable bonds is 4. The lowest BCUT2D eigenvalue weighted by atomic mass is 9.96. The molecule has 2 saturated heterocycles. The molecule has 0 aromatic carbocycles. The van der Waals surface area contributed by atoms with Crippen LogP contribution < -0.4 is 0 Å². The van der Waals surface area contributed by atoms with Crippen molar-refractivity contribution in [3.8, 4) is 0 Å². The monoisotopic (exact) mass is 242 g/mol. The van der Waals surface area contributed by atoms with E-state index in [4.69, 9.17) is 9.47 Å². The van der Waals surface area contributed by atoms with Crippen LogP contribution in [-0.4, -0.2) is 54.7 Å². The number of nitrogens with zero attached hydrogens (tertiary/aromatic N) is 1. The minimum absolute atomic E-state index is 0.199. The fourth-order valence-electron chi connectivity index (χ4n) is 2.57. The van der Waals surface area contributed by atoms with E-state index in [0.29, 0.717) is 13.2 Å². The summed E-state index contributed by atoms with van der Waals surface area (Å²) in [6, 6.07) is 0. The van der Waals surface area contributed by atoms with E-state index < -0.39 is 0 Å². The Bertz CT molecular complexity index is 241. The van der Waals surface area contributed by atoms with E-state index in [-0.39, 0.29) is 17.8 Å². The summed E-state index contributed by atoms with van der Waals surface area (Å²) in [5.41, 5.74) is 0. The SMILES string of the molecule is [CH2]C1CCN(CCCC2(C)OCCO2)CC1O. The molecule has 0 aliphatic carbocycles. The van der Waals surface area contributed by atoms with E-state index in [1.807, 2.05) is 6.92 Å². The maximum atomic E-state index is 9.76. The number of ether oxygens (including phenoxy) is 2. The van der Waals surface area contributed by atoms with E-state index in [1.54, 1.807) is 0 Å². The Morgan fingerprint density at radius 2 is 2.12 bits per heavy atom. The van der Waals surface area contributed by atoms with Gasteiger partial charge in [0.05, 0.1) is 19.3 Å². The lowest BCUT2D eigenvalue weighted by molar-refractivity contribution is -0.148. The molecule has 0 amide bonds. The number of piperidine rings is 1. The highest BCUT2D eigenvalue weighted by Gasteiger charge is 2.31. The van der Waals surface area contributed by atoms with Gasteiger partial charge in [0.25, 0.3) is 0 Å². The van der Waals surface area contributed by atoms with Gasteiger partial charge in [0, 0.05) is 13.0 Å². The molecular formula is C13H24NO3. The second-order valence-electron chi connectivity index (χ2n) is 5.35. The summed E-state index contributed by atoms with van der Waals surface area (Å²) in [5, 5.41) is 9.76. The summed E-state index contributed by atoms with van der Waals surface area (Å²) in [7, 11) is 0. The van der Waals surface area contributed by atoms with Crippen LogP contribution in [0.15, 0.2) is 0 Å². The molecule has 2 fully saturated rings. The predicted molar refractivity (Wildman–Crippen MR) is 65.5 cm³/mol. The predicted octanol–water partition coefficient (Wildman–Crippen LogP) is 1.05. The largest absolute Gasteiger partial charge is 0.392 e. The van der Waals surface area contributed by atoms with Crippen LogP contribution in [0, 0.1) is 12.8 Å². The first-order chi connectivity index (χ1) is 8.09. The molecule has 2 atom stereocenters. The van der Waals surface area contributed by atoms with Crippen LogP contribution >= 0.6 is 0 Å². The molecule has 17 heavy (non-hydrogen) atoms. The molecule has 2 aliphatic rings. The molecule has 0 spiro atoms. The third kappa shape index (κ3) is 3.65. The van der Waals surface area contributed by atoms with Gasteiger partial charge in [0.1, 0.15) is 0 Å². The molecule has 0 bridgehead atoms. The number of likely N-dealkylation sites (tertiary alicyclic amines) is 1. The molecule has 2 rings (SSSR count). The van der Waals surface area contributed by atoms with Gasteiger partial charge in [-0.25, -0.2) is 0 Å². The van der Waals surface area contributed by atoms with Crippen molar-refractivity contribution in [2.75, 3.05) is 32.8 Å². The Hall–Kier alpha value is -0.160. The van der Waals surface area contributed by atoms with Crippen molar-refractivity contribution in [3.63, 3.8) is 0 Å². The van der Waals surface area contributed by atoms with Crippen LogP contribution in [0.5, 0.6) is 0 Å². The number of β-amino-alcohol motifs (C(OH)–C–C–N with tert-alkyl or cyclic N) is 1. The van der Waals surface area contributed by atoms with Crippen molar-refractivity contribution in [1.29, 1.82) is 0 Å². The molecule has 2 aliphatic heterocycles. The molecule has 1 radical (unpaired) electrons. The van der Waals surface area contributed by atoms with E-state index in [2.05, 4.69) is 11.8 Å². The Morgan fingerprint density at radius 3 is 2.76 bits per heavy atom. The zero-order valence-electron chi connectivity index (χ0n) is 10.7. The van der Waals surface area contributed by atoms with E-state index in [0.717, 1.165) is 38.9 Å². The standard InChI is InChI=1S/C13H24NO3/c1-11-4-7-14(10-12(11)15)6-3-5-13(2)16-8-9-17-13/h11-12,15H,1,3-10H2,2H3. The summed E-state index contributed by atoms with van der Waals surface area (Å²) in [5.74, 6) is -0.172. The molecule has 0 aromatic rings. The second-order valence-corrected chi connectivity index (χ2v) is 5.35. The van der Waals surface area contributed by atoms with Crippen molar-refractivity contribution in [1.82, 2.24) is 4.90 Å². The fraction of sp³-hybridized carbons (Fsp3) is 0.923. The molecule has 2 heterocycles. The normalized spacial score (nSPS) is 34.1. The van der Waals surface area contributed by atoms with Gasteiger partial charge in [-0.05, 0) is 45.7 Å². The molecular weight excluding hydrogens is 218 g/mol. The summed E-state index contributed by atoms with van der Waals surface area (Å²) >= 11 is 0. The van der Waals surface area contributed by atoms with E-state index in [1.165, 1.54) is 0 Å². The fourth-order valence-corrected chi connectivity index (χ4v) is 2.57. The van der Waals surface area contributed by atoms with Crippen molar-refractivity contribution in [3.05, 3.63) is 6.92 Å². The third-order valence-electron chi connectivity index (χ3n) is 3.81. The van der Waals surface area contributed by atoms with Gasteiger partial charge in [-0.3, -0.25) is 0 Å². The molecule has 99 valence electrons. The van der Waals surface area contributed by atoms with Crippen LogP contribution in [0.25, 0.3) is 0 Å². The Balaban J connectivity index is 1.65. The third-order valence-corrected chi connectivity index (χ3v) is 3.81. The van der Waals surface area contributed by atoms with E-state index >= 15 is 0 Å². The summed E-state index contributed by atoms with van der Waals surface area (Å²) in [6.07, 6.45) is 2.70. The molecule has 0 saturated carbocycles. The van der Waals surface area contributed by atoms with Crippen LogP contribution in [0.1, 0.15) is 26.2 Å². The summed E-state index contributed by atoms with van der Waals surface area (Å²) in [4.78, 5) is 2.31. The first kappa shape index (κ1) is 13.3.